The highest BCUT2D eigenvalue weighted by molar-refractivity contribution is 6.06. The van der Waals surface area contributed by atoms with E-state index in [0.29, 0.717) is 13.1 Å². The molecule has 24 heavy (non-hydrogen) atoms. The second kappa shape index (κ2) is 6.29. The lowest BCUT2D eigenvalue weighted by Gasteiger charge is -2.22. The van der Waals surface area contributed by atoms with E-state index in [-0.39, 0.29) is 18.1 Å². The first-order chi connectivity index (χ1) is 11.4. The van der Waals surface area contributed by atoms with Crippen molar-refractivity contribution in [2.24, 2.45) is 0 Å². The first-order valence-corrected chi connectivity index (χ1v) is 8.29. The molecule has 1 fully saturated rings. The topological polar surface area (TPSA) is 43.8 Å². The van der Waals surface area contributed by atoms with Gasteiger partial charge in [-0.1, -0.05) is 45.0 Å². The minimum atomic E-state index is -0.00439. The van der Waals surface area contributed by atoms with Gasteiger partial charge in [0.15, 0.2) is 0 Å². The molecule has 0 radical (unpaired) electrons. The van der Waals surface area contributed by atoms with E-state index in [1.807, 2.05) is 41.3 Å². The number of hydrogen-bond acceptors (Lipinski definition) is 2. The Hall–Kier alpha value is -2.33. The standard InChI is InChI=1S/C20H24N2O2/c1-20(2,3)16-6-10-18(11-7-16)22-13-12-21(19(22)24)17-8-4-15(14-23)5-9-17/h4-11,23H,12-14H2,1-3H3. The van der Waals surface area contributed by atoms with Crippen molar-refractivity contribution in [1.82, 2.24) is 0 Å². The highest BCUT2D eigenvalue weighted by Crippen LogP contribution is 2.28. The van der Waals surface area contributed by atoms with Crippen molar-refractivity contribution in [3.8, 4) is 0 Å². The predicted molar refractivity (Wildman–Crippen MR) is 97.6 cm³/mol. The summed E-state index contributed by atoms with van der Waals surface area (Å²) in [6, 6.07) is 15.7. The van der Waals surface area contributed by atoms with Gasteiger partial charge >= 0.3 is 6.03 Å². The fourth-order valence-corrected chi connectivity index (χ4v) is 2.94. The molecule has 1 aliphatic heterocycles. The Morgan fingerprint density at radius 3 is 1.75 bits per heavy atom. The van der Waals surface area contributed by atoms with E-state index in [1.54, 1.807) is 4.90 Å². The molecule has 1 heterocycles. The number of hydrogen-bond donors (Lipinski definition) is 1. The van der Waals surface area contributed by atoms with Gasteiger partial charge < -0.3 is 5.11 Å². The molecule has 126 valence electrons. The van der Waals surface area contributed by atoms with E-state index < -0.39 is 0 Å². The van der Waals surface area contributed by atoms with Gasteiger partial charge in [0.25, 0.3) is 0 Å². The van der Waals surface area contributed by atoms with Crippen LogP contribution in [0.2, 0.25) is 0 Å². The van der Waals surface area contributed by atoms with Crippen molar-refractivity contribution < 1.29 is 9.90 Å². The van der Waals surface area contributed by atoms with Gasteiger partial charge in [0.05, 0.1) is 6.61 Å². The average molecular weight is 324 g/mol. The van der Waals surface area contributed by atoms with E-state index in [4.69, 9.17) is 5.11 Å². The zero-order valence-electron chi connectivity index (χ0n) is 14.5. The Kier molecular flexibility index (Phi) is 4.33. The summed E-state index contributed by atoms with van der Waals surface area (Å²) in [6.45, 7) is 7.90. The van der Waals surface area contributed by atoms with Crippen LogP contribution in [0.5, 0.6) is 0 Å². The molecule has 2 amide bonds. The first-order valence-electron chi connectivity index (χ1n) is 8.29. The van der Waals surface area contributed by atoms with Gasteiger partial charge in [0, 0.05) is 24.5 Å². The number of aliphatic hydroxyl groups is 1. The number of carbonyl (C=O) groups excluding carboxylic acids is 1. The van der Waals surface area contributed by atoms with E-state index in [1.165, 1.54) is 5.56 Å². The fraction of sp³-hybridized carbons (Fsp3) is 0.350. The first kappa shape index (κ1) is 16.5. The van der Waals surface area contributed by atoms with Gasteiger partial charge in [-0.3, -0.25) is 9.80 Å². The molecular formula is C20H24N2O2. The van der Waals surface area contributed by atoms with Gasteiger partial charge in [-0.2, -0.15) is 0 Å². The van der Waals surface area contributed by atoms with Gasteiger partial charge in [-0.05, 0) is 40.8 Å². The maximum atomic E-state index is 12.7. The number of rotatable bonds is 3. The van der Waals surface area contributed by atoms with Gasteiger partial charge in [0.1, 0.15) is 0 Å². The summed E-state index contributed by atoms with van der Waals surface area (Å²) in [5, 5.41) is 9.13. The summed E-state index contributed by atoms with van der Waals surface area (Å²) in [6.07, 6.45) is 0. The number of urea groups is 1. The number of aliphatic hydroxyl groups excluding tert-OH is 1. The summed E-state index contributed by atoms with van der Waals surface area (Å²) in [5.41, 5.74) is 4.01. The number of carbonyl (C=O) groups is 1. The Balaban J connectivity index is 1.78. The molecule has 0 atom stereocenters. The predicted octanol–water partition coefficient (Wildman–Crippen LogP) is 3.92. The van der Waals surface area contributed by atoms with Crippen LogP contribution >= 0.6 is 0 Å². The van der Waals surface area contributed by atoms with Crippen LogP contribution in [0.3, 0.4) is 0 Å². The minimum Gasteiger partial charge on any atom is -0.392 e. The van der Waals surface area contributed by atoms with Crippen molar-refractivity contribution in [3.05, 3.63) is 59.7 Å². The average Bonchev–Trinajstić information content (AvgIpc) is 2.96. The van der Waals surface area contributed by atoms with Crippen molar-refractivity contribution in [3.63, 3.8) is 0 Å². The molecule has 4 nitrogen and oxygen atoms in total. The van der Waals surface area contributed by atoms with Crippen LogP contribution in [-0.2, 0) is 12.0 Å². The van der Waals surface area contributed by atoms with Crippen LogP contribution in [0.25, 0.3) is 0 Å². The lowest BCUT2D eigenvalue weighted by atomic mass is 9.87. The lowest BCUT2D eigenvalue weighted by molar-refractivity contribution is 0.256. The molecule has 1 saturated heterocycles. The molecule has 2 aromatic carbocycles. The zero-order valence-corrected chi connectivity index (χ0v) is 14.5. The molecule has 0 saturated carbocycles. The van der Waals surface area contributed by atoms with E-state index >= 15 is 0 Å². The van der Waals surface area contributed by atoms with Crippen molar-refractivity contribution >= 4 is 17.4 Å². The third-order valence-electron chi connectivity index (χ3n) is 4.48. The van der Waals surface area contributed by atoms with Gasteiger partial charge in [-0.15, -0.1) is 0 Å². The third-order valence-corrected chi connectivity index (χ3v) is 4.48. The second-order valence-corrected chi connectivity index (χ2v) is 7.21. The summed E-state index contributed by atoms with van der Waals surface area (Å²) < 4.78 is 0. The molecule has 0 unspecified atom stereocenters. The van der Waals surface area contributed by atoms with Crippen LogP contribution in [0.15, 0.2) is 48.5 Å². The van der Waals surface area contributed by atoms with Crippen LogP contribution in [0.4, 0.5) is 16.2 Å². The van der Waals surface area contributed by atoms with Crippen molar-refractivity contribution in [1.29, 1.82) is 0 Å². The highest BCUT2D eigenvalue weighted by Gasteiger charge is 2.30. The molecule has 0 aromatic heterocycles. The van der Waals surface area contributed by atoms with Crippen LogP contribution < -0.4 is 9.80 Å². The molecule has 1 N–H and O–H groups in total. The quantitative estimate of drug-likeness (QED) is 0.930. The molecule has 0 aliphatic carbocycles. The zero-order chi connectivity index (χ0) is 17.3. The van der Waals surface area contributed by atoms with Crippen LogP contribution in [-0.4, -0.2) is 24.2 Å². The maximum Gasteiger partial charge on any atom is 0.329 e. The fourth-order valence-electron chi connectivity index (χ4n) is 2.94. The van der Waals surface area contributed by atoms with E-state index in [9.17, 15) is 4.79 Å². The molecule has 3 rings (SSSR count). The van der Waals surface area contributed by atoms with Crippen molar-refractivity contribution in [2.45, 2.75) is 32.8 Å². The van der Waals surface area contributed by atoms with Crippen molar-refractivity contribution in [2.75, 3.05) is 22.9 Å². The smallest absolute Gasteiger partial charge is 0.329 e. The molecule has 0 spiro atoms. The summed E-state index contributed by atoms with van der Waals surface area (Å²) >= 11 is 0. The van der Waals surface area contributed by atoms with Gasteiger partial charge in [0.2, 0.25) is 0 Å². The maximum absolute atomic E-state index is 12.7. The Labute approximate surface area is 143 Å². The lowest BCUT2D eigenvalue weighted by Crippen LogP contribution is -2.31. The molecular weight excluding hydrogens is 300 g/mol. The summed E-state index contributed by atoms with van der Waals surface area (Å²) in [5.74, 6) is 0. The third kappa shape index (κ3) is 3.15. The highest BCUT2D eigenvalue weighted by atomic mass is 16.3. The largest absolute Gasteiger partial charge is 0.392 e. The SMILES string of the molecule is CC(C)(C)c1ccc(N2CCN(c3ccc(CO)cc3)C2=O)cc1. The molecule has 1 aliphatic rings. The number of benzene rings is 2. The molecule has 0 bridgehead atoms. The van der Waals surface area contributed by atoms with E-state index in [0.717, 1.165) is 16.9 Å². The Morgan fingerprint density at radius 1 is 0.875 bits per heavy atom. The Bertz CT molecular complexity index is 715. The van der Waals surface area contributed by atoms with Crippen LogP contribution in [0, 0.1) is 0 Å². The van der Waals surface area contributed by atoms with E-state index in [2.05, 4.69) is 32.9 Å². The molecule has 2 aromatic rings. The van der Waals surface area contributed by atoms with Crippen LogP contribution in [0.1, 0.15) is 31.9 Å². The minimum absolute atomic E-state index is 0.00439. The Morgan fingerprint density at radius 2 is 1.33 bits per heavy atom. The van der Waals surface area contributed by atoms with Gasteiger partial charge in [-0.25, -0.2) is 4.79 Å². The number of nitrogens with zero attached hydrogens (tertiary/aromatic N) is 2. The normalized spacial score (nSPS) is 15.2. The summed E-state index contributed by atoms with van der Waals surface area (Å²) in [7, 11) is 0. The summed E-state index contributed by atoms with van der Waals surface area (Å²) in [4.78, 5) is 16.3. The number of anilines is 2. The second-order valence-electron chi connectivity index (χ2n) is 7.21. The monoisotopic (exact) mass is 324 g/mol. The molecule has 4 heteroatoms. The number of amides is 2.